The first-order valence-corrected chi connectivity index (χ1v) is 14.1. The molecule has 0 bridgehead atoms. The van der Waals surface area contributed by atoms with Crippen molar-refractivity contribution in [1.82, 2.24) is 5.32 Å². The second kappa shape index (κ2) is 12.5. The van der Waals surface area contributed by atoms with Gasteiger partial charge in [0.1, 0.15) is 48.8 Å². The number of carbonyl (C=O) groups is 1. The lowest BCUT2D eigenvalue weighted by atomic mass is 9.95. The predicted octanol–water partition coefficient (Wildman–Crippen LogP) is -5.77. The maximum atomic E-state index is 11.5. The van der Waals surface area contributed by atoms with E-state index >= 15 is 0 Å². The van der Waals surface area contributed by atoms with E-state index in [-0.39, 0.29) is 0 Å². The zero-order chi connectivity index (χ0) is 29.2. The van der Waals surface area contributed by atoms with E-state index in [0.29, 0.717) is 0 Å². The Morgan fingerprint density at radius 2 is 1.29 bits per heavy atom. The summed E-state index contributed by atoms with van der Waals surface area (Å²) in [5.74, 6) is -0.802. The Balaban J connectivity index is 2.40. The monoisotopic (exact) mass is 623 g/mol. The zero-order valence-corrected chi connectivity index (χ0v) is 21.3. The van der Waals surface area contributed by atoms with Gasteiger partial charge < -0.3 is 40.0 Å². The second-order valence-corrected chi connectivity index (χ2v) is 11.1. The molecule has 0 spiro atoms. The van der Waals surface area contributed by atoms with E-state index in [2.05, 4.69) is 17.9 Å². The molecule has 0 aromatic rings. The van der Waals surface area contributed by atoms with Gasteiger partial charge in [0.25, 0.3) is 0 Å². The average Bonchev–Trinajstić information content (AvgIpc) is 2.73. The summed E-state index contributed by atoms with van der Waals surface area (Å²) in [6.45, 7) is -1.42. The molecule has 2 fully saturated rings. The Kier molecular flexibility index (Phi) is 10.9. The highest BCUT2D eigenvalue weighted by Crippen LogP contribution is 2.31. The molecule has 0 radical (unpaired) electrons. The normalized spacial score (nSPS) is 37.1. The van der Waals surface area contributed by atoms with Crippen LogP contribution in [0, 0.1) is 0 Å². The van der Waals surface area contributed by atoms with Gasteiger partial charge in [-0.25, -0.2) is 12.5 Å². The van der Waals surface area contributed by atoms with E-state index in [1.165, 1.54) is 0 Å². The maximum Gasteiger partial charge on any atom is 0.397 e. The van der Waals surface area contributed by atoms with E-state index in [4.69, 9.17) is 27.9 Å². The van der Waals surface area contributed by atoms with Crippen molar-refractivity contribution in [2.45, 2.75) is 68.3 Å². The first kappa shape index (κ1) is 33.0. The Labute approximate surface area is 215 Å². The van der Waals surface area contributed by atoms with Crippen LogP contribution in [0.1, 0.15) is 6.92 Å². The van der Waals surface area contributed by atoms with E-state index in [0.717, 1.165) is 6.92 Å². The molecule has 2 aliphatic heterocycles. The largest absolute Gasteiger partial charge is 0.397 e. The first-order chi connectivity index (χ1) is 17.2. The maximum absolute atomic E-state index is 11.5. The van der Waals surface area contributed by atoms with Crippen LogP contribution in [0.3, 0.4) is 0 Å². The molecule has 8 N–H and O–H groups in total. The minimum absolute atomic E-state index is 0.802. The molecule has 0 aliphatic carbocycles. The van der Waals surface area contributed by atoms with Gasteiger partial charge in [0.2, 0.25) is 5.91 Å². The molecule has 0 saturated carbocycles. The van der Waals surface area contributed by atoms with Crippen LogP contribution in [-0.4, -0.2) is 140 Å². The fourth-order valence-electron chi connectivity index (χ4n) is 3.50. The molecule has 2 rings (SSSR count). The third-order valence-electron chi connectivity index (χ3n) is 4.99. The van der Waals surface area contributed by atoms with Crippen LogP contribution in [0.25, 0.3) is 0 Å². The van der Waals surface area contributed by atoms with Gasteiger partial charge in [-0.15, -0.1) is 0 Å². The van der Waals surface area contributed by atoms with Gasteiger partial charge in [0.05, 0.1) is 13.2 Å². The number of hydrogen-bond acceptors (Lipinski definition) is 17. The number of ether oxygens (including phenoxy) is 3. The summed E-state index contributed by atoms with van der Waals surface area (Å²) in [5.41, 5.74) is 0. The smallest absolute Gasteiger partial charge is 0.388 e. The molecular weight excluding hydrogens is 598 g/mol. The molecule has 38 heavy (non-hydrogen) atoms. The van der Waals surface area contributed by atoms with E-state index in [1.54, 1.807) is 0 Å². The van der Waals surface area contributed by atoms with Gasteiger partial charge in [-0.1, -0.05) is 0 Å². The number of rotatable bonds is 11. The summed E-state index contributed by atoms with van der Waals surface area (Å²) < 4.78 is 121. The lowest BCUT2D eigenvalue weighted by molar-refractivity contribution is -0.342. The predicted molar refractivity (Wildman–Crippen MR) is 111 cm³/mol. The molecule has 0 aromatic carbocycles. The van der Waals surface area contributed by atoms with E-state index in [9.17, 15) is 50.5 Å². The number of aliphatic hydroxyl groups is 4. The molecule has 0 aromatic heterocycles. The van der Waals surface area contributed by atoms with Crippen LogP contribution >= 0.6 is 0 Å². The van der Waals surface area contributed by atoms with Crippen LogP contribution in [0.4, 0.5) is 0 Å². The van der Waals surface area contributed by atoms with Crippen molar-refractivity contribution in [3.8, 4) is 0 Å². The topological polar surface area (TPSA) is 329 Å². The molecule has 2 aliphatic rings. The van der Waals surface area contributed by atoms with Gasteiger partial charge in [-0.05, 0) is 0 Å². The van der Waals surface area contributed by atoms with Crippen LogP contribution in [0.15, 0.2) is 0 Å². The van der Waals surface area contributed by atoms with Gasteiger partial charge in [-0.2, -0.15) is 25.3 Å². The zero-order valence-electron chi connectivity index (χ0n) is 18.9. The highest BCUT2D eigenvalue weighted by atomic mass is 32.3. The molecule has 24 heteroatoms. The van der Waals surface area contributed by atoms with Gasteiger partial charge in [-0.3, -0.25) is 18.5 Å². The van der Waals surface area contributed by atoms with Crippen molar-refractivity contribution in [2.24, 2.45) is 0 Å². The van der Waals surface area contributed by atoms with Crippen molar-refractivity contribution in [3.05, 3.63) is 0 Å². The summed E-state index contributed by atoms with van der Waals surface area (Å²) in [4.78, 5) is 11.5. The Morgan fingerprint density at radius 1 is 0.763 bits per heavy atom. The highest BCUT2D eigenvalue weighted by molar-refractivity contribution is 7.81. The average molecular weight is 624 g/mol. The molecule has 1 amide bonds. The lowest BCUT2D eigenvalue weighted by Crippen LogP contribution is -2.67. The summed E-state index contributed by atoms with van der Waals surface area (Å²) in [6, 6.07) is -1.67. The number of carbonyl (C=O) groups excluding carboxylic acids is 1. The number of hydrogen-bond donors (Lipinski definition) is 8. The van der Waals surface area contributed by atoms with Crippen molar-refractivity contribution in [3.63, 3.8) is 0 Å². The number of aliphatic hydroxyl groups excluding tert-OH is 4. The minimum Gasteiger partial charge on any atom is -0.388 e. The third kappa shape index (κ3) is 9.77. The molecule has 2 saturated heterocycles. The number of amides is 1. The molecule has 0 unspecified atom stereocenters. The van der Waals surface area contributed by atoms with Crippen molar-refractivity contribution >= 4 is 37.1 Å². The fraction of sp³-hybridized carbons (Fsp3) is 0.929. The van der Waals surface area contributed by atoms with Crippen molar-refractivity contribution in [1.29, 1.82) is 0 Å². The number of nitrogens with one attached hydrogen (secondary N) is 1. The molecule has 2 heterocycles. The van der Waals surface area contributed by atoms with Gasteiger partial charge in [0, 0.05) is 6.92 Å². The first-order valence-electron chi connectivity index (χ1n) is 10.0. The quantitative estimate of drug-likeness (QED) is 0.0993. The Morgan fingerprint density at radius 3 is 1.76 bits per heavy atom. The van der Waals surface area contributed by atoms with Gasteiger partial charge >= 0.3 is 31.2 Å². The third-order valence-corrected chi connectivity index (χ3v) is 6.32. The Hall–Kier alpha value is -1.20. The van der Waals surface area contributed by atoms with Crippen LogP contribution in [0.5, 0.6) is 0 Å². The van der Waals surface area contributed by atoms with Crippen LogP contribution < -0.4 is 5.32 Å². The van der Waals surface area contributed by atoms with Crippen LogP contribution in [-0.2, 0) is 62.8 Å². The summed E-state index contributed by atoms with van der Waals surface area (Å²) in [7, 11) is -15.7. The summed E-state index contributed by atoms with van der Waals surface area (Å²) in [6.07, 6.45) is -19.1. The molecular formula is C14H25NO20S3. The van der Waals surface area contributed by atoms with E-state index < -0.39 is 112 Å². The minimum atomic E-state index is -5.40. The Bertz CT molecular complexity index is 1140. The molecule has 224 valence electrons. The highest BCUT2D eigenvalue weighted by Gasteiger charge is 2.53. The summed E-state index contributed by atoms with van der Waals surface area (Å²) >= 11 is 0. The molecule has 10 atom stereocenters. The summed E-state index contributed by atoms with van der Waals surface area (Å²) in [5, 5.41) is 43.7. The molecule has 21 nitrogen and oxygen atoms in total. The standard InChI is InChI=1S/C14H25NO20S3/c1-4(16)15-7-9(18)11(6(32-13(7)20)3-31-37(24,25)26)34-14-10(19)12(35-38(27,28)29)8(17)5(33-14)2-30-36(21,22)23/h5-14,17-20H,2-3H2,1H3,(H,15,16)(H,21,22,23)(H,24,25,26)(H,27,28,29)/t5-,6-,7-,8+,9-,10-,11-,12+,13-,14+/m1/s1. The van der Waals surface area contributed by atoms with Crippen molar-refractivity contribution in [2.75, 3.05) is 13.2 Å². The van der Waals surface area contributed by atoms with Crippen LogP contribution in [0.2, 0.25) is 0 Å². The van der Waals surface area contributed by atoms with Crippen molar-refractivity contribution < 1.29 is 90.9 Å². The van der Waals surface area contributed by atoms with Gasteiger partial charge in [0.15, 0.2) is 12.6 Å². The fourth-order valence-corrected chi connectivity index (χ4v) is 4.62. The second-order valence-electron chi connectivity index (χ2n) is 7.82. The van der Waals surface area contributed by atoms with E-state index in [1.807, 2.05) is 0 Å². The lowest BCUT2D eigenvalue weighted by Gasteiger charge is -2.46. The SMILES string of the molecule is CC(=O)N[C@@H]1[C@@H](O)[C@H](O[C@@H]2O[C@H](COS(=O)(=O)O)[C@H](O)[C@H](OS(=O)(=O)O)[C@H]2O)[C@@H](COS(=O)(=O)O)O[C@H]1O.